The molecule has 3 aromatic rings. The number of piperidine rings is 1. The van der Waals surface area contributed by atoms with E-state index in [9.17, 15) is 14.7 Å². The molecule has 212 valence electrons. The number of ether oxygens (including phenoxy) is 1. The highest BCUT2D eigenvalue weighted by Gasteiger charge is 2.26. The van der Waals surface area contributed by atoms with Crippen molar-refractivity contribution < 1.29 is 19.4 Å². The fourth-order valence-corrected chi connectivity index (χ4v) is 5.03. The van der Waals surface area contributed by atoms with Gasteiger partial charge in [0, 0.05) is 19.3 Å². The summed E-state index contributed by atoms with van der Waals surface area (Å²) in [6, 6.07) is 19.8. The molecule has 40 heavy (non-hydrogen) atoms. The second-order valence-electron chi connectivity index (χ2n) is 10.2. The Morgan fingerprint density at radius 3 is 2.40 bits per heavy atom. The van der Waals surface area contributed by atoms with Crippen LogP contribution in [-0.4, -0.2) is 71.2 Å². The number of hydrogen-bond donors (Lipinski definition) is 2. The number of benzene rings is 2. The van der Waals surface area contributed by atoms with Crippen LogP contribution in [0.3, 0.4) is 0 Å². The zero-order valence-electron chi connectivity index (χ0n) is 23.0. The van der Waals surface area contributed by atoms with Gasteiger partial charge in [-0.15, -0.1) is 0 Å². The minimum absolute atomic E-state index is 0.124. The van der Waals surface area contributed by atoms with Crippen LogP contribution in [0.2, 0.25) is 0 Å². The first-order valence-electron chi connectivity index (χ1n) is 14.1. The third kappa shape index (κ3) is 8.51. The van der Waals surface area contributed by atoms with Gasteiger partial charge in [0.1, 0.15) is 18.9 Å². The first kappa shape index (κ1) is 29.0. The van der Waals surface area contributed by atoms with Crippen LogP contribution < -0.4 is 15.4 Å². The summed E-state index contributed by atoms with van der Waals surface area (Å²) in [7, 11) is 0. The number of carboxylic acid groups (broad SMARTS) is 1. The maximum absolute atomic E-state index is 13.6. The molecule has 0 aliphatic carbocycles. The SMILES string of the molecule is NCCCCc1nc(N2CCC(Cc3ccccc3)CC2)ncc1C(=O)N(CCOc1ccccc1)CC(=O)O. The second-order valence-corrected chi connectivity index (χ2v) is 10.2. The number of unbranched alkanes of at least 4 members (excludes halogenated alkanes) is 1. The fraction of sp³-hybridized carbons (Fsp3) is 0.419. The largest absolute Gasteiger partial charge is 0.492 e. The average Bonchev–Trinajstić information content (AvgIpc) is 2.98. The molecule has 0 radical (unpaired) electrons. The molecule has 0 spiro atoms. The summed E-state index contributed by atoms with van der Waals surface area (Å²) in [5.74, 6) is 0.400. The average molecular weight is 546 g/mol. The molecule has 0 unspecified atom stereocenters. The molecule has 1 saturated heterocycles. The lowest BCUT2D eigenvalue weighted by molar-refractivity contribution is -0.137. The number of nitrogens with two attached hydrogens (primary N) is 1. The van der Waals surface area contributed by atoms with Gasteiger partial charge in [-0.1, -0.05) is 48.5 Å². The first-order valence-corrected chi connectivity index (χ1v) is 14.1. The number of carboxylic acids is 1. The maximum atomic E-state index is 13.6. The number of carbonyl (C=O) groups excluding carboxylic acids is 1. The van der Waals surface area contributed by atoms with Crippen molar-refractivity contribution in [2.75, 3.05) is 44.2 Å². The van der Waals surface area contributed by atoms with Gasteiger partial charge in [-0.3, -0.25) is 9.59 Å². The Kier molecular flexibility index (Phi) is 10.9. The van der Waals surface area contributed by atoms with Gasteiger partial charge in [-0.25, -0.2) is 9.97 Å². The van der Waals surface area contributed by atoms with Gasteiger partial charge in [0.15, 0.2) is 0 Å². The molecule has 1 amide bonds. The number of nitrogens with zero attached hydrogens (tertiary/aromatic N) is 4. The van der Waals surface area contributed by atoms with Gasteiger partial charge >= 0.3 is 5.97 Å². The Balaban J connectivity index is 1.45. The predicted octanol–water partition coefficient (Wildman–Crippen LogP) is 3.82. The number of carbonyl (C=O) groups is 2. The topological polar surface area (TPSA) is 122 Å². The molecule has 0 bridgehead atoms. The summed E-state index contributed by atoms with van der Waals surface area (Å²) in [6.07, 6.45) is 6.89. The van der Waals surface area contributed by atoms with Gasteiger partial charge in [0.2, 0.25) is 5.95 Å². The molecule has 1 fully saturated rings. The van der Waals surface area contributed by atoms with Crippen LogP contribution in [0.15, 0.2) is 66.9 Å². The van der Waals surface area contributed by atoms with Crippen molar-refractivity contribution in [1.29, 1.82) is 0 Å². The second kappa shape index (κ2) is 15.0. The van der Waals surface area contributed by atoms with Crippen LogP contribution in [0.1, 0.15) is 47.3 Å². The number of para-hydroxylation sites is 1. The third-order valence-corrected chi connectivity index (χ3v) is 7.20. The fourth-order valence-electron chi connectivity index (χ4n) is 5.03. The molecule has 9 heteroatoms. The van der Waals surface area contributed by atoms with Crippen molar-refractivity contribution in [3.63, 3.8) is 0 Å². The Labute approximate surface area is 236 Å². The summed E-state index contributed by atoms with van der Waals surface area (Å²) >= 11 is 0. The normalized spacial score (nSPS) is 13.7. The lowest BCUT2D eigenvalue weighted by Crippen LogP contribution is -2.39. The third-order valence-electron chi connectivity index (χ3n) is 7.20. The molecule has 4 rings (SSSR count). The summed E-state index contributed by atoms with van der Waals surface area (Å²) < 4.78 is 5.72. The zero-order chi connectivity index (χ0) is 28.2. The number of aromatic nitrogens is 2. The monoisotopic (exact) mass is 545 g/mol. The van der Waals surface area contributed by atoms with Crippen LogP contribution in [0, 0.1) is 5.92 Å². The van der Waals surface area contributed by atoms with Crippen molar-refractivity contribution in [1.82, 2.24) is 14.9 Å². The number of anilines is 1. The lowest BCUT2D eigenvalue weighted by Gasteiger charge is -2.32. The first-order chi connectivity index (χ1) is 19.5. The summed E-state index contributed by atoms with van der Waals surface area (Å²) in [6.45, 7) is 2.12. The Morgan fingerprint density at radius 1 is 1.02 bits per heavy atom. The molecule has 2 aromatic carbocycles. The summed E-state index contributed by atoms with van der Waals surface area (Å²) in [4.78, 5) is 38.0. The molecule has 1 aromatic heterocycles. The van der Waals surface area contributed by atoms with Gasteiger partial charge in [-0.2, -0.15) is 0 Å². The number of aliphatic carboxylic acids is 1. The molecule has 0 atom stereocenters. The van der Waals surface area contributed by atoms with E-state index in [-0.39, 0.29) is 13.2 Å². The Morgan fingerprint density at radius 2 is 1.73 bits per heavy atom. The lowest BCUT2D eigenvalue weighted by atomic mass is 9.90. The molecule has 3 N–H and O–H groups in total. The molecule has 0 saturated carbocycles. The summed E-state index contributed by atoms with van der Waals surface area (Å²) in [5.41, 5.74) is 8.05. The highest BCUT2D eigenvalue weighted by molar-refractivity contribution is 5.96. The van der Waals surface area contributed by atoms with E-state index in [1.165, 1.54) is 10.5 Å². The molecular formula is C31H39N5O4. The molecule has 2 heterocycles. The van der Waals surface area contributed by atoms with Gasteiger partial charge < -0.3 is 25.4 Å². The Bertz CT molecular complexity index is 1220. The van der Waals surface area contributed by atoms with Crippen molar-refractivity contribution in [3.8, 4) is 5.75 Å². The number of rotatable bonds is 14. The number of amides is 1. The van der Waals surface area contributed by atoms with Crippen molar-refractivity contribution in [3.05, 3.63) is 83.7 Å². The van der Waals surface area contributed by atoms with Crippen LogP contribution in [-0.2, 0) is 17.6 Å². The van der Waals surface area contributed by atoms with E-state index >= 15 is 0 Å². The van der Waals surface area contributed by atoms with Gasteiger partial charge in [-0.05, 0) is 68.7 Å². The van der Waals surface area contributed by atoms with E-state index < -0.39 is 18.4 Å². The van der Waals surface area contributed by atoms with E-state index in [1.807, 2.05) is 36.4 Å². The van der Waals surface area contributed by atoms with Gasteiger partial charge in [0.25, 0.3) is 5.91 Å². The van der Waals surface area contributed by atoms with Crippen LogP contribution in [0.25, 0.3) is 0 Å². The maximum Gasteiger partial charge on any atom is 0.323 e. The van der Waals surface area contributed by atoms with E-state index in [0.29, 0.717) is 41.8 Å². The molecular weight excluding hydrogens is 506 g/mol. The predicted molar refractivity (Wildman–Crippen MR) is 155 cm³/mol. The van der Waals surface area contributed by atoms with Crippen molar-refractivity contribution in [2.24, 2.45) is 11.7 Å². The van der Waals surface area contributed by atoms with E-state index in [0.717, 1.165) is 45.2 Å². The Hall–Kier alpha value is -3.98. The molecule has 9 nitrogen and oxygen atoms in total. The minimum atomic E-state index is -1.09. The van der Waals surface area contributed by atoms with Crippen molar-refractivity contribution >= 4 is 17.8 Å². The number of aryl methyl sites for hydroxylation is 1. The standard InChI is InChI=1S/C31H39N5O4/c32-16-8-7-13-28-27(30(39)36(23-29(37)38)19-20-40-26-11-5-2-6-12-26)22-33-31(34-28)35-17-14-25(15-18-35)21-24-9-3-1-4-10-24/h1-6,9-12,22,25H,7-8,13-21,23,32H2,(H,37,38). The van der Waals surface area contributed by atoms with Crippen LogP contribution in [0.4, 0.5) is 5.95 Å². The van der Waals surface area contributed by atoms with E-state index in [2.05, 4.69) is 34.1 Å². The van der Waals surface area contributed by atoms with E-state index in [1.54, 1.807) is 6.20 Å². The highest BCUT2D eigenvalue weighted by atomic mass is 16.5. The van der Waals surface area contributed by atoms with Gasteiger partial charge in [0.05, 0.1) is 17.8 Å². The number of hydrogen-bond acceptors (Lipinski definition) is 7. The summed E-state index contributed by atoms with van der Waals surface area (Å²) in [5, 5.41) is 9.48. The van der Waals surface area contributed by atoms with Crippen molar-refractivity contribution in [2.45, 2.75) is 38.5 Å². The van der Waals surface area contributed by atoms with Crippen LogP contribution in [0.5, 0.6) is 5.75 Å². The smallest absolute Gasteiger partial charge is 0.323 e. The molecule has 1 aliphatic heterocycles. The molecule has 1 aliphatic rings. The minimum Gasteiger partial charge on any atom is -0.492 e. The quantitative estimate of drug-likeness (QED) is 0.293. The van der Waals surface area contributed by atoms with Crippen LogP contribution >= 0.6 is 0 Å². The zero-order valence-corrected chi connectivity index (χ0v) is 23.0. The highest BCUT2D eigenvalue weighted by Crippen LogP contribution is 2.25. The van der Waals surface area contributed by atoms with E-state index in [4.69, 9.17) is 15.5 Å².